The average molecular weight is 520 g/mol. The maximum atomic E-state index is 14.2. The van der Waals surface area contributed by atoms with Crippen LogP contribution in [0, 0.1) is 11.8 Å². The van der Waals surface area contributed by atoms with E-state index in [0.717, 1.165) is 21.9 Å². The number of hydrogen-bond acceptors (Lipinski definition) is 4. The predicted octanol–water partition coefficient (Wildman–Crippen LogP) is 5.65. The zero-order chi connectivity index (χ0) is 26.0. The fraction of sp³-hybridized carbons (Fsp3) is 0.129. The van der Waals surface area contributed by atoms with Crippen molar-refractivity contribution in [1.82, 2.24) is 4.90 Å². The van der Waals surface area contributed by atoms with E-state index in [9.17, 15) is 14.4 Å². The number of carbonyl (C=O) groups excluding carboxylic acids is 3. The van der Waals surface area contributed by atoms with Crippen LogP contribution in [0.5, 0.6) is 0 Å². The van der Waals surface area contributed by atoms with Crippen molar-refractivity contribution in [3.05, 3.63) is 113 Å². The van der Waals surface area contributed by atoms with E-state index >= 15 is 0 Å². The second kappa shape index (κ2) is 8.57. The van der Waals surface area contributed by atoms with Gasteiger partial charge in [0.2, 0.25) is 17.7 Å². The van der Waals surface area contributed by atoms with Gasteiger partial charge in [0.25, 0.3) is 0 Å². The number of nitrogens with zero attached hydrogens (tertiary/aromatic N) is 2. The first kappa shape index (κ1) is 22.8. The van der Waals surface area contributed by atoms with Gasteiger partial charge in [0.05, 0.1) is 23.6 Å². The molecule has 7 heteroatoms. The van der Waals surface area contributed by atoms with Gasteiger partial charge in [-0.15, -0.1) is 0 Å². The lowest BCUT2D eigenvalue weighted by Crippen LogP contribution is -2.46. The Morgan fingerprint density at radius 3 is 2.34 bits per heavy atom. The van der Waals surface area contributed by atoms with Crippen molar-refractivity contribution < 1.29 is 14.4 Å². The summed E-state index contributed by atoms with van der Waals surface area (Å²) in [5, 5.41) is 5.26. The van der Waals surface area contributed by atoms with Gasteiger partial charge in [-0.2, -0.15) is 0 Å². The molecule has 2 saturated heterocycles. The van der Waals surface area contributed by atoms with Gasteiger partial charge in [-0.3, -0.25) is 14.4 Å². The van der Waals surface area contributed by atoms with Crippen LogP contribution in [0.1, 0.15) is 17.2 Å². The highest BCUT2D eigenvalue weighted by molar-refractivity contribution is 6.30. The lowest BCUT2D eigenvalue weighted by molar-refractivity contribution is -0.128. The molecule has 4 aromatic carbocycles. The van der Waals surface area contributed by atoms with E-state index in [0.29, 0.717) is 16.4 Å². The molecular weight excluding hydrogens is 498 g/mol. The minimum Gasteiger partial charge on any atom is -0.357 e. The SMILES string of the molecule is O=C(Nc1ccc(Cl)cc1)C1C2C(=O)N(c3cccc4ccccc34)C(=O)C2C2c3ccccc3C=CN12. The van der Waals surface area contributed by atoms with Crippen LogP contribution < -0.4 is 10.2 Å². The van der Waals surface area contributed by atoms with E-state index in [1.165, 1.54) is 4.90 Å². The van der Waals surface area contributed by atoms with E-state index in [1.54, 1.807) is 30.3 Å². The topological polar surface area (TPSA) is 69.7 Å². The summed E-state index contributed by atoms with van der Waals surface area (Å²) in [6.07, 6.45) is 3.78. The molecule has 3 heterocycles. The molecule has 0 spiro atoms. The van der Waals surface area contributed by atoms with Crippen molar-refractivity contribution in [3.8, 4) is 0 Å². The van der Waals surface area contributed by atoms with Crippen molar-refractivity contribution in [3.63, 3.8) is 0 Å². The third-order valence-corrected chi connectivity index (χ3v) is 8.10. The van der Waals surface area contributed by atoms with Crippen LogP contribution in [0.2, 0.25) is 5.02 Å². The van der Waals surface area contributed by atoms with Crippen molar-refractivity contribution in [2.45, 2.75) is 12.1 Å². The van der Waals surface area contributed by atoms with Crippen molar-refractivity contribution in [2.75, 3.05) is 10.2 Å². The maximum Gasteiger partial charge on any atom is 0.247 e. The fourth-order valence-electron chi connectivity index (χ4n) is 6.25. The molecule has 4 unspecified atom stereocenters. The van der Waals surface area contributed by atoms with E-state index in [2.05, 4.69) is 5.32 Å². The van der Waals surface area contributed by atoms with Crippen LogP contribution in [0.4, 0.5) is 11.4 Å². The zero-order valence-electron chi connectivity index (χ0n) is 20.1. The second-order valence-electron chi connectivity index (χ2n) is 9.84. The molecular formula is C31H22ClN3O3. The number of rotatable bonds is 3. The molecule has 38 heavy (non-hydrogen) atoms. The Morgan fingerprint density at radius 2 is 1.50 bits per heavy atom. The number of anilines is 2. The van der Waals surface area contributed by atoms with Crippen LogP contribution in [0.25, 0.3) is 16.8 Å². The molecule has 7 rings (SSSR count). The minimum atomic E-state index is -0.860. The molecule has 0 aromatic heterocycles. The molecule has 1 N–H and O–H groups in total. The van der Waals surface area contributed by atoms with E-state index in [-0.39, 0.29) is 17.7 Å². The van der Waals surface area contributed by atoms with Crippen molar-refractivity contribution >= 4 is 57.5 Å². The predicted molar refractivity (Wildman–Crippen MR) is 147 cm³/mol. The Labute approximate surface area is 224 Å². The van der Waals surface area contributed by atoms with Crippen molar-refractivity contribution in [1.29, 1.82) is 0 Å². The first-order valence-corrected chi connectivity index (χ1v) is 12.9. The summed E-state index contributed by atoms with van der Waals surface area (Å²) >= 11 is 6.02. The Balaban J connectivity index is 1.35. The lowest BCUT2D eigenvalue weighted by atomic mass is 9.84. The molecule has 3 aliphatic heterocycles. The number of fused-ring (bicyclic) bond motifs is 6. The van der Waals surface area contributed by atoms with Gasteiger partial charge in [0, 0.05) is 22.3 Å². The Morgan fingerprint density at radius 1 is 0.789 bits per heavy atom. The summed E-state index contributed by atoms with van der Waals surface area (Å²) in [6, 6.07) is 26.7. The number of carbonyl (C=O) groups is 3. The molecule has 3 aliphatic rings. The molecule has 6 nitrogen and oxygen atoms in total. The largest absolute Gasteiger partial charge is 0.357 e. The summed E-state index contributed by atoms with van der Waals surface area (Å²) in [5.41, 5.74) is 3.04. The smallest absolute Gasteiger partial charge is 0.247 e. The number of amides is 3. The maximum absolute atomic E-state index is 14.2. The molecule has 0 saturated carbocycles. The van der Waals surface area contributed by atoms with Gasteiger partial charge in [-0.25, -0.2) is 4.90 Å². The van der Waals surface area contributed by atoms with Gasteiger partial charge >= 0.3 is 0 Å². The number of imide groups is 1. The van der Waals surface area contributed by atoms with Gasteiger partial charge in [-0.1, -0.05) is 72.3 Å². The number of hydrogen-bond donors (Lipinski definition) is 1. The van der Waals surface area contributed by atoms with Gasteiger partial charge < -0.3 is 10.2 Å². The average Bonchev–Trinajstić information content (AvgIpc) is 3.42. The van der Waals surface area contributed by atoms with Crippen molar-refractivity contribution in [2.24, 2.45) is 11.8 Å². The Hall–Kier alpha value is -4.42. The molecule has 4 aromatic rings. The molecule has 0 bridgehead atoms. The molecule has 186 valence electrons. The zero-order valence-corrected chi connectivity index (χ0v) is 20.9. The van der Waals surface area contributed by atoms with Crippen LogP contribution in [0.15, 0.2) is 97.2 Å². The quantitative estimate of drug-likeness (QED) is 0.355. The summed E-state index contributed by atoms with van der Waals surface area (Å²) in [5.74, 6) is -2.51. The number of nitrogens with one attached hydrogen (secondary N) is 1. The Bertz CT molecular complexity index is 1660. The fourth-order valence-corrected chi connectivity index (χ4v) is 6.37. The summed E-state index contributed by atoms with van der Waals surface area (Å²) < 4.78 is 0. The normalized spacial score (nSPS) is 23.4. The van der Waals surface area contributed by atoms with Gasteiger partial charge in [0.15, 0.2) is 0 Å². The minimum absolute atomic E-state index is 0.279. The summed E-state index contributed by atoms with van der Waals surface area (Å²) in [6.45, 7) is 0. The standard InChI is InChI=1S/C31H22ClN3O3/c32-20-12-14-21(15-13-20)33-29(36)28-26-25(27-23-10-4-2-7-19(23)16-17-34(27)28)30(37)35(31(26)38)24-11-5-8-18-6-1-3-9-22(18)24/h1-17,25-28H,(H,33,36). The highest BCUT2D eigenvalue weighted by Crippen LogP contribution is 2.53. The highest BCUT2D eigenvalue weighted by Gasteiger charge is 2.64. The Kier molecular flexibility index (Phi) is 5.13. The van der Waals surface area contributed by atoms with Gasteiger partial charge in [-0.05, 0) is 52.9 Å². The van der Waals surface area contributed by atoms with Crippen LogP contribution in [0.3, 0.4) is 0 Å². The molecule has 2 fully saturated rings. The highest BCUT2D eigenvalue weighted by atomic mass is 35.5. The third kappa shape index (κ3) is 3.30. The third-order valence-electron chi connectivity index (χ3n) is 7.85. The summed E-state index contributed by atoms with van der Waals surface area (Å²) in [4.78, 5) is 45.4. The van der Waals surface area contributed by atoms with E-state index in [4.69, 9.17) is 11.6 Å². The van der Waals surface area contributed by atoms with E-state index in [1.807, 2.05) is 77.8 Å². The number of halogens is 1. The number of benzene rings is 4. The molecule has 3 amide bonds. The first-order chi connectivity index (χ1) is 18.5. The van der Waals surface area contributed by atoms with Crippen LogP contribution in [-0.4, -0.2) is 28.7 Å². The first-order valence-electron chi connectivity index (χ1n) is 12.5. The van der Waals surface area contributed by atoms with Gasteiger partial charge in [0.1, 0.15) is 6.04 Å². The van der Waals surface area contributed by atoms with Crippen LogP contribution >= 0.6 is 11.6 Å². The monoisotopic (exact) mass is 519 g/mol. The second-order valence-corrected chi connectivity index (χ2v) is 10.3. The molecule has 0 aliphatic carbocycles. The molecule has 4 atom stereocenters. The summed E-state index contributed by atoms with van der Waals surface area (Å²) in [7, 11) is 0. The van der Waals surface area contributed by atoms with Crippen LogP contribution in [-0.2, 0) is 14.4 Å². The molecule has 0 radical (unpaired) electrons. The van der Waals surface area contributed by atoms with E-state index < -0.39 is 23.9 Å². The lowest BCUT2D eigenvalue weighted by Gasteiger charge is -2.35.